The summed E-state index contributed by atoms with van der Waals surface area (Å²) in [5, 5.41) is 0. The second-order valence-corrected chi connectivity index (χ2v) is 5.83. The Kier molecular flexibility index (Phi) is 3.25. The molecule has 0 amide bonds. The summed E-state index contributed by atoms with van der Waals surface area (Å²) in [6.07, 6.45) is 8.97. The van der Waals surface area contributed by atoms with Crippen molar-refractivity contribution in [1.82, 2.24) is 0 Å². The zero-order valence-electron chi connectivity index (χ0n) is 11.1. The fraction of sp³-hybridized carbons (Fsp3) is 0.733. The van der Waals surface area contributed by atoms with Gasteiger partial charge in [0.15, 0.2) is 0 Å². The van der Waals surface area contributed by atoms with E-state index < -0.39 is 0 Å². The lowest BCUT2D eigenvalue weighted by molar-refractivity contribution is 0.305. The van der Waals surface area contributed by atoms with Crippen molar-refractivity contribution in [2.75, 3.05) is 0 Å². The third-order valence-electron chi connectivity index (χ3n) is 4.07. The van der Waals surface area contributed by atoms with Crippen molar-refractivity contribution >= 4 is 0 Å². The third-order valence-corrected chi connectivity index (χ3v) is 4.07. The van der Waals surface area contributed by atoms with Gasteiger partial charge in [-0.15, -0.1) is 0 Å². The lowest BCUT2D eigenvalue weighted by Crippen LogP contribution is -2.16. The van der Waals surface area contributed by atoms with Gasteiger partial charge in [-0.05, 0) is 59.8 Å². The summed E-state index contributed by atoms with van der Waals surface area (Å²) in [6, 6.07) is 0. The van der Waals surface area contributed by atoms with Gasteiger partial charge >= 0.3 is 0 Å². The molecule has 1 heterocycles. The second kappa shape index (κ2) is 4.37. The van der Waals surface area contributed by atoms with Gasteiger partial charge in [0.25, 0.3) is 0 Å². The third kappa shape index (κ3) is 2.57. The fourth-order valence-electron chi connectivity index (χ4n) is 2.64. The maximum atomic E-state index is 5.74. The van der Waals surface area contributed by atoms with E-state index in [9.17, 15) is 0 Å². The first-order valence-corrected chi connectivity index (χ1v) is 6.50. The van der Waals surface area contributed by atoms with Crippen LogP contribution in [-0.4, -0.2) is 11.7 Å². The van der Waals surface area contributed by atoms with Crippen LogP contribution < -0.4 is 0 Å². The molecule has 1 aliphatic carbocycles. The topological polar surface area (TPSA) is 12.5 Å². The van der Waals surface area contributed by atoms with E-state index in [-0.39, 0.29) is 5.60 Å². The first kappa shape index (κ1) is 11.9. The molecule has 90 valence electrons. The Bertz CT molecular complexity index is 333. The van der Waals surface area contributed by atoms with Crippen LogP contribution in [0.15, 0.2) is 22.8 Å². The maximum Gasteiger partial charge on any atom is 0.0926 e. The van der Waals surface area contributed by atoms with Crippen molar-refractivity contribution in [2.45, 2.75) is 71.5 Å². The minimum atomic E-state index is 0.254. The van der Waals surface area contributed by atoms with Crippen molar-refractivity contribution in [3.63, 3.8) is 0 Å². The van der Waals surface area contributed by atoms with E-state index in [2.05, 4.69) is 33.8 Å². The molecule has 2 aliphatic rings. The normalized spacial score (nSPS) is 35.4. The Morgan fingerprint density at radius 2 is 2.19 bits per heavy atom. The predicted octanol–water partition coefficient (Wildman–Crippen LogP) is 4.39. The molecule has 0 aromatic carbocycles. The Hall–Kier alpha value is -0.560. The molecule has 0 aromatic rings. The number of hydrogen-bond donors (Lipinski definition) is 0. The number of rotatable bonds is 3. The van der Waals surface area contributed by atoms with Gasteiger partial charge in [0.1, 0.15) is 0 Å². The molecular formula is C15H24O. The molecule has 2 fully saturated rings. The van der Waals surface area contributed by atoms with Crippen LogP contribution in [0.2, 0.25) is 0 Å². The van der Waals surface area contributed by atoms with Crippen LogP contribution in [0.1, 0.15) is 59.8 Å². The second-order valence-electron chi connectivity index (χ2n) is 5.83. The van der Waals surface area contributed by atoms with E-state index >= 15 is 0 Å². The summed E-state index contributed by atoms with van der Waals surface area (Å²) in [7, 11) is 0. The molecule has 1 saturated heterocycles. The van der Waals surface area contributed by atoms with Gasteiger partial charge in [0.05, 0.1) is 11.7 Å². The Balaban J connectivity index is 1.88. The molecule has 0 bridgehead atoms. The molecule has 0 spiro atoms. The van der Waals surface area contributed by atoms with Crippen LogP contribution in [-0.2, 0) is 4.74 Å². The summed E-state index contributed by atoms with van der Waals surface area (Å²) in [4.78, 5) is 0. The first-order valence-electron chi connectivity index (χ1n) is 6.50. The Morgan fingerprint density at radius 1 is 1.44 bits per heavy atom. The Labute approximate surface area is 99.6 Å². The minimum Gasteiger partial charge on any atom is -0.366 e. The van der Waals surface area contributed by atoms with Gasteiger partial charge in [-0.25, -0.2) is 0 Å². The van der Waals surface area contributed by atoms with Gasteiger partial charge in [-0.3, -0.25) is 0 Å². The van der Waals surface area contributed by atoms with E-state index in [1.165, 1.54) is 37.7 Å². The van der Waals surface area contributed by atoms with Crippen LogP contribution in [0.3, 0.4) is 0 Å². The highest BCUT2D eigenvalue weighted by atomic mass is 16.6. The fourth-order valence-corrected chi connectivity index (χ4v) is 2.64. The monoisotopic (exact) mass is 220 g/mol. The van der Waals surface area contributed by atoms with E-state index in [0.717, 1.165) is 0 Å². The molecule has 2 unspecified atom stereocenters. The van der Waals surface area contributed by atoms with Gasteiger partial charge in [0, 0.05) is 0 Å². The molecule has 0 N–H and O–H groups in total. The van der Waals surface area contributed by atoms with Crippen LogP contribution in [0.25, 0.3) is 0 Å². The number of hydrogen-bond acceptors (Lipinski definition) is 1. The molecule has 1 heteroatoms. The smallest absolute Gasteiger partial charge is 0.0926 e. The van der Waals surface area contributed by atoms with E-state index in [1.54, 1.807) is 11.1 Å². The van der Waals surface area contributed by atoms with Crippen molar-refractivity contribution < 1.29 is 4.74 Å². The molecule has 1 saturated carbocycles. The van der Waals surface area contributed by atoms with Crippen molar-refractivity contribution in [3.8, 4) is 0 Å². The molecule has 2 atom stereocenters. The van der Waals surface area contributed by atoms with Crippen molar-refractivity contribution in [2.24, 2.45) is 0 Å². The average Bonchev–Trinajstić information content (AvgIpc) is 2.87. The lowest BCUT2D eigenvalue weighted by atomic mass is 9.84. The molecular weight excluding hydrogens is 196 g/mol. The molecule has 0 aromatic heterocycles. The highest BCUT2D eigenvalue weighted by Gasteiger charge is 2.54. The van der Waals surface area contributed by atoms with Gasteiger partial charge in [0.2, 0.25) is 0 Å². The van der Waals surface area contributed by atoms with Crippen LogP contribution >= 0.6 is 0 Å². The van der Waals surface area contributed by atoms with Gasteiger partial charge < -0.3 is 4.74 Å². The van der Waals surface area contributed by atoms with Crippen LogP contribution in [0.5, 0.6) is 0 Å². The summed E-state index contributed by atoms with van der Waals surface area (Å²) in [5.74, 6) is 0. The highest BCUT2D eigenvalue weighted by molar-refractivity contribution is 5.22. The molecule has 2 rings (SSSR count). The van der Waals surface area contributed by atoms with E-state index in [0.29, 0.717) is 6.10 Å². The number of epoxide rings is 1. The molecule has 16 heavy (non-hydrogen) atoms. The van der Waals surface area contributed by atoms with E-state index in [4.69, 9.17) is 4.74 Å². The highest BCUT2D eigenvalue weighted by Crippen LogP contribution is 2.49. The quantitative estimate of drug-likeness (QED) is 0.507. The summed E-state index contributed by atoms with van der Waals surface area (Å²) < 4.78 is 5.74. The molecule has 1 aliphatic heterocycles. The minimum absolute atomic E-state index is 0.254. The standard InChI is InChI=1S/C15H24O/c1-11(2)6-5-7-12(3)13-8-9-15(4)14(10-13)16-15/h6,14H,5,7-10H2,1-4H3/b13-12+. The number of ether oxygens (including phenoxy) is 1. The lowest BCUT2D eigenvalue weighted by Gasteiger charge is -2.18. The molecule has 0 radical (unpaired) electrons. The number of allylic oxidation sites excluding steroid dienone is 3. The predicted molar refractivity (Wildman–Crippen MR) is 68.5 cm³/mol. The van der Waals surface area contributed by atoms with Crippen LogP contribution in [0, 0.1) is 0 Å². The maximum absolute atomic E-state index is 5.74. The Morgan fingerprint density at radius 3 is 2.81 bits per heavy atom. The van der Waals surface area contributed by atoms with Crippen molar-refractivity contribution in [3.05, 3.63) is 22.8 Å². The first-order chi connectivity index (χ1) is 7.51. The SMILES string of the molecule is CC(C)=CCC/C(C)=C1\CCC2(C)OC2C1. The summed E-state index contributed by atoms with van der Waals surface area (Å²) in [6.45, 7) is 8.91. The summed E-state index contributed by atoms with van der Waals surface area (Å²) >= 11 is 0. The average molecular weight is 220 g/mol. The van der Waals surface area contributed by atoms with Crippen molar-refractivity contribution in [1.29, 1.82) is 0 Å². The molecule has 1 nitrogen and oxygen atoms in total. The largest absolute Gasteiger partial charge is 0.366 e. The van der Waals surface area contributed by atoms with E-state index in [1.807, 2.05) is 0 Å². The number of fused-ring (bicyclic) bond motifs is 1. The zero-order valence-corrected chi connectivity index (χ0v) is 11.1. The van der Waals surface area contributed by atoms with Gasteiger partial charge in [-0.2, -0.15) is 0 Å². The summed E-state index contributed by atoms with van der Waals surface area (Å²) in [5.41, 5.74) is 4.96. The van der Waals surface area contributed by atoms with Crippen LogP contribution in [0.4, 0.5) is 0 Å². The zero-order chi connectivity index (χ0) is 11.8. The van der Waals surface area contributed by atoms with Gasteiger partial charge in [-0.1, -0.05) is 22.8 Å².